The zero-order valence-electron chi connectivity index (χ0n) is 11.1. The number of carbonyl (C=O) groups is 1. The molecule has 19 heavy (non-hydrogen) atoms. The zero-order valence-corrected chi connectivity index (χ0v) is 12.6. The lowest BCUT2D eigenvalue weighted by atomic mass is 10.1. The monoisotopic (exact) mass is 322 g/mol. The molecule has 0 amide bonds. The molecular formula is C14H15BrN2O2. The average molecular weight is 323 g/mol. The van der Waals surface area contributed by atoms with Gasteiger partial charge in [0.25, 0.3) is 0 Å². The highest BCUT2D eigenvalue weighted by Crippen LogP contribution is 2.26. The van der Waals surface area contributed by atoms with E-state index in [2.05, 4.69) is 21.0 Å². The maximum Gasteiger partial charge on any atom is 0.211 e. The number of halogens is 1. The molecule has 1 heterocycles. The molecule has 1 aromatic carbocycles. The summed E-state index contributed by atoms with van der Waals surface area (Å²) in [5.74, 6) is 0.656. The van der Waals surface area contributed by atoms with E-state index in [1.807, 2.05) is 13.8 Å². The summed E-state index contributed by atoms with van der Waals surface area (Å²) in [7, 11) is 1.59. The maximum absolute atomic E-state index is 12.5. The fourth-order valence-electron chi connectivity index (χ4n) is 1.86. The minimum absolute atomic E-state index is 0.0467. The Bertz CT molecular complexity index is 605. The van der Waals surface area contributed by atoms with Gasteiger partial charge in [0.05, 0.1) is 11.6 Å². The van der Waals surface area contributed by atoms with Crippen LogP contribution < -0.4 is 4.74 Å². The van der Waals surface area contributed by atoms with E-state index in [4.69, 9.17) is 4.74 Å². The van der Waals surface area contributed by atoms with Gasteiger partial charge >= 0.3 is 0 Å². The largest absolute Gasteiger partial charge is 0.496 e. The third kappa shape index (κ3) is 2.71. The first-order valence-electron chi connectivity index (χ1n) is 5.96. The standard InChI is InChI=1S/C14H15BrN2O2/c1-9(2)17-12(6-7-16-17)14(18)10-4-5-13(19-3)11(15)8-10/h4-9H,1-3H3. The van der Waals surface area contributed by atoms with Crippen LogP contribution in [0, 0.1) is 0 Å². The number of methoxy groups -OCH3 is 1. The lowest BCUT2D eigenvalue weighted by Crippen LogP contribution is -2.13. The molecule has 0 aliphatic rings. The van der Waals surface area contributed by atoms with Crippen molar-refractivity contribution in [1.29, 1.82) is 0 Å². The summed E-state index contributed by atoms with van der Waals surface area (Å²) in [4.78, 5) is 12.5. The van der Waals surface area contributed by atoms with Crippen molar-refractivity contribution in [3.05, 3.63) is 46.2 Å². The first-order chi connectivity index (χ1) is 9.04. The van der Waals surface area contributed by atoms with Crippen LogP contribution in [-0.2, 0) is 0 Å². The number of aromatic nitrogens is 2. The second-order valence-electron chi connectivity index (χ2n) is 4.43. The molecule has 0 saturated carbocycles. The van der Waals surface area contributed by atoms with Crippen LogP contribution in [0.1, 0.15) is 35.9 Å². The SMILES string of the molecule is COc1ccc(C(=O)c2ccnn2C(C)C)cc1Br. The summed E-state index contributed by atoms with van der Waals surface area (Å²) < 4.78 is 7.64. The van der Waals surface area contributed by atoms with Crippen molar-refractivity contribution in [2.75, 3.05) is 7.11 Å². The Labute approximate surface area is 120 Å². The van der Waals surface area contributed by atoms with Crippen molar-refractivity contribution in [1.82, 2.24) is 9.78 Å². The Hall–Kier alpha value is -1.62. The summed E-state index contributed by atoms with van der Waals surface area (Å²) in [5.41, 5.74) is 1.20. The smallest absolute Gasteiger partial charge is 0.211 e. The van der Waals surface area contributed by atoms with E-state index in [0.717, 1.165) is 4.47 Å². The van der Waals surface area contributed by atoms with Crippen LogP contribution in [0.2, 0.25) is 0 Å². The Morgan fingerprint density at radius 2 is 2.11 bits per heavy atom. The van der Waals surface area contributed by atoms with E-state index in [1.54, 1.807) is 42.3 Å². The predicted molar refractivity (Wildman–Crippen MR) is 76.7 cm³/mol. The minimum Gasteiger partial charge on any atom is -0.496 e. The second kappa shape index (κ2) is 5.57. The fraction of sp³-hybridized carbons (Fsp3) is 0.286. The number of hydrogen-bond acceptors (Lipinski definition) is 3. The maximum atomic E-state index is 12.5. The quantitative estimate of drug-likeness (QED) is 0.809. The number of nitrogens with zero attached hydrogens (tertiary/aromatic N) is 2. The van der Waals surface area contributed by atoms with Gasteiger partial charge in [-0.15, -0.1) is 0 Å². The van der Waals surface area contributed by atoms with E-state index < -0.39 is 0 Å². The van der Waals surface area contributed by atoms with E-state index in [0.29, 0.717) is 17.0 Å². The molecule has 0 spiro atoms. The van der Waals surface area contributed by atoms with Crippen molar-refractivity contribution < 1.29 is 9.53 Å². The summed E-state index contributed by atoms with van der Waals surface area (Å²) >= 11 is 3.39. The predicted octanol–water partition coefficient (Wildman–Crippen LogP) is 3.47. The number of rotatable bonds is 4. The minimum atomic E-state index is -0.0467. The van der Waals surface area contributed by atoms with Gasteiger partial charge in [-0.3, -0.25) is 9.48 Å². The molecule has 0 saturated heterocycles. The Kier molecular flexibility index (Phi) is 4.04. The second-order valence-corrected chi connectivity index (χ2v) is 5.29. The highest BCUT2D eigenvalue weighted by molar-refractivity contribution is 9.10. The molecule has 4 nitrogen and oxygen atoms in total. The number of ketones is 1. The number of benzene rings is 1. The van der Waals surface area contributed by atoms with Crippen LogP contribution >= 0.6 is 15.9 Å². The van der Waals surface area contributed by atoms with Gasteiger partial charge in [-0.2, -0.15) is 5.10 Å². The van der Waals surface area contributed by atoms with Gasteiger partial charge in [-0.25, -0.2) is 0 Å². The molecule has 0 atom stereocenters. The van der Waals surface area contributed by atoms with Crippen LogP contribution in [-0.4, -0.2) is 22.7 Å². The molecule has 5 heteroatoms. The Morgan fingerprint density at radius 3 is 2.68 bits per heavy atom. The van der Waals surface area contributed by atoms with Crippen molar-refractivity contribution in [2.24, 2.45) is 0 Å². The average Bonchev–Trinajstić information content (AvgIpc) is 2.87. The molecule has 2 aromatic rings. The lowest BCUT2D eigenvalue weighted by Gasteiger charge is -2.10. The van der Waals surface area contributed by atoms with Gasteiger partial charge < -0.3 is 4.74 Å². The van der Waals surface area contributed by atoms with Crippen LogP contribution in [0.15, 0.2) is 34.9 Å². The number of hydrogen-bond donors (Lipinski definition) is 0. The van der Waals surface area contributed by atoms with Crippen molar-refractivity contribution in [3.8, 4) is 5.75 Å². The molecule has 1 aromatic heterocycles. The molecule has 2 rings (SSSR count). The van der Waals surface area contributed by atoms with E-state index in [9.17, 15) is 4.79 Å². The van der Waals surface area contributed by atoms with Gasteiger partial charge in [0, 0.05) is 17.8 Å². The van der Waals surface area contributed by atoms with Gasteiger partial charge in [-0.05, 0) is 54.0 Å². The third-order valence-electron chi connectivity index (χ3n) is 2.81. The van der Waals surface area contributed by atoms with Gasteiger partial charge in [0.1, 0.15) is 11.4 Å². The van der Waals surface area contributed by atoms with E-state index in [-0.39, 0.29) is 11.8 Å². The van der Waals surface area contributed by atoms with Gasteiger partial charge in [0.15, 0.2) is 0 Å². The molecule has 0 fully saturated rings. The molecule has 100 valence electrons. The number of ether oxygens (including phenoxy) is 1. The first kappa shape index (κ1) is 13.8. The third-order valence-corrected chi connectivity index (χ3v) is 3.43. The highest BCUT2D eigenvalue weighted by atomic mass is 79.9. The van der Waals surface area contributed by atoms with Crippen LogP contribution in [0.25, 0.3) is 0 Å². The van der Waals surface area contributed by atoms with E-state index in [1.165, 1.54) is 0 Å². The Morgan fingerprint density at radius 1 is 1.37 bits per heavy atom. The van der Waals surface area contributed by atoms with Gasteiger partial charge in [-0.1, -0.05) is 0 Å². The molecule has 0 N–H and O–H groups in total. The molecule has 0 bridgehead atoms. The number of carbonyl (C=O) groups excluding carboxylic acids is 1. The molecule has 0 aliphatic heterocycles. The molecule has 0 aliphatic carbocycles. The first-order valence-corrected chi connectivity index (χ1v) is 6.75. The summed E-state index contributed by atoms with van der Waals surface area (Å²) in [6, 6.07) is 7.17. The molecule has 0 radical (unpaired) electrons. The van der Waals surface area contributed by atoms with Crippen molar-refractivity contribution in [3.63, 3.8) is 0 Å². The van der Waals surface area contributed by atoms with Crippen LogP contribution in [0.4, 0.5) is 0 Å². The highest BCUT2D eigenvalue weighted by Gasteiger charge is 2.17. The zero-order chi connectivity index (χ0) is 14.0. The van der Waals surface area contributed by atoms with Crippen molar-refractivity contribution >= 4 is 21.7 Å². The Balaban J connectivity index is 2.39. The lowest BCUT2D eigenvalue weighted by molar-refractivity contribution is 0.102. The fourth-order valence-corrected chi connectivity index (χ4v) is 2.40. The topological polar surface area (TPSA) is 44.1 Å². The van der Waals surface area contributed by atoms with E-state index >= 15 is 0 Å². The molecular weight excluding hydrogens is 308 g/mol. The van der Waals surface area contributed by atoms with Crippen molar-refractivity contribution in [2.45, 2.75) is 19.9 Å². The van der Waals surface area contributed by atoms with Crippen LogP contribution in [0.3, 0.4) is 0 Å². The summed E-state index contributed by atoms with van der Waals surface area (Å²) in [5, 5.41) is 4.18. The summed E-state index contributed by atoms with van der Waals surface area (Å²) in [6.07, 6.45) is 1.64. The van der Waals surface area contributed by atoms with Gasteiger partial charge in [0.2, 0.25) is 5.78 Å². The van der Waals surface area contributed by atoms with Crippen LogP contribution in [0.5, 0.6) is 5.75 Å². The normalized spacial score (nSPS) is 10.8. The summed E-state index contributed by atoms with van der Waals surface area (Å²) in [6.45, 7) is 3.99. The molecule has 0 unspecified atom stereocenters.